The Bertz CT molecular complexity index is 1910. The number of hydrogen-bond donors (Lipinski definition) is 4. The number of benzene rings is 2. The molecule has 3 fully saturated rings. The first-order chi connectivity index (χ1) is 28.1. The minimum absolute atomic E-state index is 0.00111. The highest BCUT2D eigenvalue weighted by Crippen LogP contribution is 2.65. The van der Waals surface area contributed by atoms with E-state index in [1.54, 1.807) is 65.2 Å². The van der Waals surface area contributed by atoms with Crippen LogP contribution in [0.15, 0.2) is 60.7 Å². The standard InChI is InChI=1S/C44H58F2N6O8/c1-42(2,3)60-41(59)50-34(28-20-22-44(45,46)23-21-28)40(58)52-25-29-32(43(29,4)5)35(52)37(55)48-30(19-18-26-14-10-8-11-15-26)36(54)38(56)47-24-31(53)49-33(39(57)51(6)7)27-16-12-9-13-17-27/h8-17,28-30,32-35H,18-25H2,1-7H3,(H,47,56)(H,48,55)(H,49,53)(H,50,59). The Morgan fingerprint density at radius 1 is 0.883 bits per heavy atom. The van der Waals surface area contributed by atoms with Crippen LogP contribution in [0.4, 0.5) is 13.6 Å². The number of likely N-dealkylation sites (N-methyl/N-ethyl adjacent to an activating group) is 1. The molecule has 60 heavy (non-hydrogen) atoms. The highest BCUT2D eigenvalue weighted by atomic mass is 19.3. The Morgan fingerprint density at radius 3 is 2.07 bits per heavy atom. The summed E-state index contributed by atoms with van der Waals surface area (Å²) in [7, 11) is 3.08. The normalized spacial score (nSPS) is 21.9. The number of carbonyl (C=O) groups excluding carboxylic acids is 7. The number of nitrogens with one attached hydrogen (secondary N) is 4. The molecule has 2 aromatic rings. The molecule has 2 saturated carbocycles. The number of alkyl halides is 2. The smallest absolute Gasteiger partial charge is 0.408 e. The fourth-order valence-corrected chi connectivity index (χ4v) is 8.49. The van der Waals surface area contributed by atoms with Crippen molar-refractivity contribution in [1.82, 2.24) is 31.1 Å². The molecule has 0 aromatic heterocycles. The zero-order valence-corrected chi connectivity index (χ0v) is 35.4. The Hall–Kier alpha value is -5.41. The molecule has 1 heterocycles. The minimum atomic E-state index is -2.90. The second-order valence-corrected chi connectivity index (χ2v) is 18.0. The van der Waals surface area contributed by atoms with Gasteiger partial charge in [-0.3, -0.25) is 28.8 Å². The average Bonchev–Trinajstić information content (AvgIpc) is 3.48. The molecule has 6 atom stereocenters. The maximum absolute atomic E-state index is 14.5. The van der Waals surface area contributed by atoms with E-state index in [-0.39, 0.29) is 49.5 Å². The van der Waals surface area contributed by atoms with Gasteiger partial charge in [0.15, 0.2) is 0 Å². The predicted octanol–water partition coefficient (Wildman–Crippen LogP) is 3.94. The second-order valence-electron chi connectivity index (χ2n) is 18.0. The van der Waals surface area contributed by atoms with Gasteiger partial charge in [0.2, 0.25) is 35.3 Å². The number of halogens is 2. The number of amides is 6. The van der Waals surface area contributed by atoms with E-state index in [1.165, 1.54) is 9.80 Å². The molecule has 3 aliphatic rings. The van der Waals surface area contributed by atoms with E-state index in [1.807, 2.05) is 44.2 Å². The third-order valence-corrected chi connectivity index (χ3v) is 11.9. The van der Waals surface area contributed by atoms with Crippen LogP contribution in [-0.2, 0) is 39.9 Å². The number of hydrogen-bond acceptors (Lipinski definition) is 8. The van der Waals surface area contributed by atoms with Gasteiger partial charge in [0, 0.05) is 33.5 Å². The number of ketones is 1. The molecule has 326 valence electrons. The summed E-state index contributed by atoms with van der Waals surface area (Å²) in [5.74, 6) is -8.58. The van der Waals surface area contributed by atoms with Crippen LogP contribution in [-0.4, -0.2) is 108 Å². The largest absolute Gasteiger partial charge is 0.444 e. The van der Waals surface area contributed by atoms with Crippen LogP contribution in [0.25, 0.3) is 0 Å². The van der Waals surface area contributed by atoms with Gasteiger partial charge in [-0.1, -0.05) is 74.5 Å². The zero-order chi connectivity index (χ0) is 44.2. The van der Waals surface area contributed by atoms with Gasteiger partial charge in [0.05, 0.1) is 12.6 Å². The van der Waals surface area contributed by atoms with E-state index in [0.717, 1.165) is 5.56 Å². The zero-order valence-electron chi connectivity index (χ0n) is 35.4. The summed E-state index contributed by atoms with van der Waals surface area (Å²) in [6.45, 7) is 8.41. The molecule has 5 rings (SSSR count). The number of likely N-dealkylation sites (tertiary alicyclic amines) is 1. The number of nitrogens with zero attached hydrogens (tertiary/aromatic N) is 2. The van der Waals surface area contributed by atoms with E-state index in [0.29, 0.717) is 5.56 Å². The van der Waals surface area contributed by atoms with Crippen LogP contribution in [0, 0.1) is 23.2 Å². The summed E-state index contributed by atoms with van der Waals surface area (Å²) in [6, 6.07) is 12.9. The third kappa shape index (κ3) is 11.2. The van der Waals surface area contributed by atoms with Crippen LogP contribution < -0.4 is 21.3 Å². The molecule has 1 aliphatic heterocycles. The number of piperidine rings is 1. The van der Waals surface area contributed by atoms with Gasteiger partial charge in [0.25, 0.3) is 5.91 Å². The topological polar surface area (TPSA) is 183 Å². The number of aryl methyl sites for hydroxylation is 1. The number of carbonyl (C=O) groups is 7. The van der Waals surface area contributed by atoms with Crippen LogP contribution in [0.5, 0.6) is 0 Å². The molecule has 16 heteroatoms. The molecule has 14 nitrogen and oxygen atoms in total. The number of rotatable bonds is 15. The number of ether oxygens (including phenoxy) is 1. The Balaban J connectivity index is 1.34. The molecule has 0 radical (unpaired) electrons. The Morgan fingerprint density at radius 2 is 1.48 bits per heavy atom. The van der Waals surface area contributed by atoms with Gasteiger partial charge in [-0.25, -0.2) is 13.6 Å². The van der Waals surface area contributed by atoms with Crippen LogP contribution >= 0.6 is 0 Å². The van der Waals surface area contributed by atoms with E-state index >= 15 is 0 Å². The van der Waals surface area contributed by atoms with Gasteiger partial charge in [0.1, 0.15) is 23.7 Å². The first-order valence-electron chi connectivity index (χ1n) is 20.5. The lowest BCUT2D eigenvalue weighted by Crippen LogP contribution is -2.60. The van der Waals surface area contributed by atoms with Crippen molar-refractivity contribution < 1.29 is 47.1 Å². The lowest BCUT2D eigenvalue weighted by molar-refractivity contribution is -0.145. The number of alkyl carbamates (subject to hydrolysis) is 1. The quantitative estimate of drug-likeness (QED) is 0.195. The van der Waals surface area contributed by atoms with Crippen LogP contribution in [0.1, 0.15) is 83.9 Å². The molecule has 6 amide bonds. The highest BCUT2D eigenvalue weighted by molar-refractivity contribution is 6.38. The third-order valence-electron chi connectivity index (χ3n) is 11.9. The molecular formula is C44H58F2N6O8. The van der Waals surface area contributed by atoms with Crippen molar-refractivity contribution in [3.63, 3.8) is 0 Å². The maximum Gasteiger partial charge on any atom is 0.408 e. The molecule has 0 spiro atoms. The summed E-state index contributed by atoms with van der Waals surface area (Å²) in [5.41, 5.74) is 0.0755. The van der Waals surface area contributed by atoms with Gasteiger partial charge in [-0.2, -0.15) is 0 Å². The molecule has 2 aliphatic carbocycles. The summed E-state index contributed by atoms with van der Waals surface area (Å²) in [6.07, 6.45) is -1.61. The van der Waals surface area contributed by atoms with E-state index < -0.39 is 102 Å². The summed E-state index contributed by atoms with van der Waals surface area (Å²) in [5, 5.41) is 10.3. The molecule has 1 saturated heterocycles. The minimum Gasteiger partial charge on any atom is -0.444 e. The molecule has 2 aromatic carbocycles. The van der Waals surface area contributed by atoms with E-state index in [9.17, 15) is 42.3 Å². The van der Waals surface area contributed by atoms with Gasteiger partial charge < -0.3 is 35.8 Å². The molecule has 6 unspecified atom stereocenters. The fraction of sp³-hybridized carbons (Fsp3) is 0.568. The highest BCUT2D eigenvalue weighted by Gasteiger charge is 2.70. The van der Waals surface area contributed by atoms with Gasteiger partial charge in [-0.15, -0.1) is 0 Å². The van der Waals surface area contributed by atoms with Crippen molar-refractivity contribution in [2.75, 3.05) is 27.2 Å². The fourth-order valence-electron chi connectivity index (χ4n) is 8.49. The van der Waals surface area contributed by atoms with Crippen LogP contribution in [0.3, 0.4) is 0 Å². The lowest BCUT2D eigenvalue weighted by atomic mass is 9.81. The van der Waals surface area contributed by atoms with Crippen molar-refractivity contribution in [2.45, 2.75) is 109 Å². The number of fused-ring (bicyclic) bond motifs is 1. The van der Waals surface area contributed by atoms with Gasteiger partial charge >= 0.3 is 6.09 Å². The van der Waals surface area contributed by atoms with E-state index in [4.69, 9.17) is 4.74 Å². The Kier molecular flexibility index (Phi) is 14.1. The monoisotopic (exact) mass is 836 g/mol. The van der Waals surface area contributed by atoms with Gasteiger partial charge in [-0.05, 0) is 80.8 Å². The van der Waals surface area contributed by atoms with Crippen molar-refractivity contribution in [2.24, 2.45) is 23.2 Å². The molecule has 0 bridgehead atoms. The second kappa shape index (κ2) is 18.5. The van der Waals surface area contributed by atoms with Crippen molar-refractivity contribution in [3.8, 4) is 0 Å². The summed E-state index contributed by atoms with van der Waals surface area (Å²) in [4.78, 5) is 98.0. The first kappa shape index (κ1) is 45.7. The predicted molar refractivity (Wildman–Crippen MR) is 217 cm³/mol. The maximum atomic E-state index is 14.5. The summed E-state index contributed by atoms with van der Waals surface area (Å²) < 4.78 is 34.0. The molecule has 4 N–H and O–H groups in total. The number of Topliss-reactive ketones (excluding diaryl/α,β-unsaturated/α-hetero) is 1. The van der Waals surface area contributed by atoms with Crippen molar-refractivity contribution in [1.29, 1.82) is 0 Å². The SMILES string of the molecule is CN(C)C(=O)C(NC(=O)CNC(=O)C(=O)C(CCc1ccccc1)NC(=O)C1C2C(CN1C(=O)C(NC(=O)OC(C)(C)C)C1CCC(F)(F)CC1)C2(C)C)c1ccccc1. The Labute approximate surface area is 349 Å². The van der Waals surface area contributed by atoms with Crippen LogP contribution in [0.2, 0.25) is 0 Å². The lowest BCUT2D eigenvalue weighted by Gasteiger charge is -2.38. The average molecular weight is 837 g/mol. The molecular weight excluding hydrogens is 779 g/mol. The van der Waals surface area contributed by atoms with Crippen molar-refractivity contribution in [3.05, 3.63) is 71.8 Å². The van der Waals surface area contributed by atoms with Crippen molar-refractivity contribution >= 4 is 41.4 Å². The first-order valence-corrected chi connectivity index (χ1v) is 20.5. The van der Waals surface area contributed by atoms with E-state index in [2.05, 4.69) is 21.3 Å². The summed E-state index contributed by atoms with van der Waals surface area (Å²) >= 11 is 0.